The van der Waals surface area contributed by atoms with Crippen LogP contribution in [0.1, 0.15) is 31.4 Å². The maximum absolute atomic E-state index is 14.0. The highest BCUT2D eigenvalue weighted by molar-refractivity contribution is 7.92. The molecule has 8 nitrogen and oxygen atoms in total. The fraction of sp³-hybridized carbons (Fsp3) is 0.310. The Morgan fingerprint density at radius 2 is 1.55 bits per heavy atom. The number of aryl methyl sites for hydroxylation is 1. The Morgan fingerprint density at radius 3 is 2.13 bits per heavy atom. The number of carbonyl (C=O) groups excluding carboxylic acids is 2. The summed E-state index contributed by atoms with van der Waals surface area (Å²) in [5.41, 5.74) is 1.90. The Labute approximate surface area is 225 Å². The Morgan fingerprint density at radius 1 is 0.921 bits per heavy atom. The molecular formula is C29H35N3O5S. The highest BCUT2D eigenvalue weighted by Gasteiger charge is 2.33. The molecule has 1 N–H and O–H groups in total. The number of ether oxygens (including phenoxy) is 1. The predicted molar refractivity (Wildman–Crippen MR) is 148 cm³/mol. The molecule has 3 aromatic carbocycles. The van der Waals surface area contributed by atoms with Crippen molar-refractivity contribution in [1.82, 2.24) is 10.2 Å². The van der Waals surface area contributed by atoms with Gasteiger partial charge in [0.15, 0.2) is 0 Å². The number of sulfonamides is 1. The van der Waals surface area contributed by atoms with Gasteiger partial charge < -0.3 is 15.0 Å². The number of nitrogens with one attached hydrogen (secondary N) is 1. The summed E-state index contributed by atoms with van der Waals surface area (Å²) in [6.45, 7) is 5.52. The molecule has 0 aromatic heterocycles. The SMILES string of the molecule is CCNC(=O)[C@H](CC)N(Cc1ccc(OC)cc1)C(=O)CN(c1ccccc1C)S(=O)(=O)c1ccccc1. The molecule has 0 saturated carbocycles. The lowest BCUT2D eigenvalue weighted by atomic mass is 10.1. The Balaban J connectivity index is 2.05. The standard InChI is InChI=1S/C29H35N3O5S/c1-5-26(29(34)30-6-2)31(20-23-16-18-24(37-4)19-17-23)28(33)21-32(27-15-11-10-12-22(27)3)38(35,36)25-13-8-7-9-14-25/h7-19,26H,5-6,20-21H2,1-4H3,(H,30,34)/t26-/m0/s1. The number of para-hydroxylation sites is 1. The van der Waals surface area contributed by atoms with Crippen LogP contribution in [0.25, 0.3) is 0 Å². The zero-order valence-electron chi connectivity index (χ0n) is 22.3. The Kier molecular flexibility index (Phi) is 9.90. The number of methoxy groups -OCH3 is 1. The van der Waals surface area contributed by atoms with Gasteiger partial charge in [-0.2, -0.15) is 0 Å². The average Bonchev–Trinajstić information content (AvgIpc) is 2.93. The van der Waals surface area contributed by atoms with Gasteiger partial charge in [0.1, 0.15) is 18.3 Å². The van der Waals surface area contributed by atoms with Gasteiger partial charge in [0, 0.05) is 13.1 Å². The van der Waals surface area contributed by atoms with Gasteiger partial charge >= 0.3 is 0 Å². The van der Waals surface area contributed by atoms with E-state index in [9.17, 15) is 18.0 Å². The van der Waals surface area contributed by atoms with Crippen LogP contribution >= 0.6 is 0 Å². The van der Waals surface area contributed by atoms with Crippen LogP contribution in [-0.2, 0) is 26.2 Å². The molecule has 0 aliphatic carbocycles. The molecule has 0 bridgehead atoms. The molecule has 1 atom stereocenters. The molecule has 38 heavy (non-hydrogen) atoms. The quantitative estimate of drug-likeness (QED) is 0.375. The van der Waals surface area contributed by atoms with E-state index in [2.05, 4.69) is 5.32 Å². The molecule has 0 radical (unpaired) electrons. The summed E-state index contributed by atoms with van der Waals surface area (Å²) in [4.78, 5) is 28.5. The van der Waals surface area contributed by atoms with Gasteiger partial charge in [-0.25, -0.2) is 8.42 Å². The number of amides is 2. The van der Waals surface area contributed by atoms with Crippen molar-refractivity contribution in [2.45, 2.75) is 44.7 Å². The molecule has 9 heteroatoms. The van der Waals surface area contributed by atoms with Gasteiger partial charge in [0.25, 0.3) is 10.0 Å². The first-order valence-electron chi connectivity index (χ1n) is 12.6. The number of likely N-dealkylation sites (N-methyl/N-ethyl adjacent to an activating group) is 1. The summed E-state index contributed by atoms with van der Waals surface area (Å²) in [6.07, 6.45) is 0.365. The van der Waals surface area contributed by atoms with E-state index in [0.29, 0.717) is 30.0 Å². The van der Waals surface area contributed by atoms with Crippen molar-refractivity contribution in [1.29, 1.82) is 0 Å². The van der Waals surface area contributed by atoms with Crippen molar-refractivity contribution < 1.29 is 22.7 Å². The van der Waals surface area contributed by atoms with E-state index in [1.165, 1.54) is 17.0 Å². The molecule has 3 rings (SSSR count). The van der Waals surface area contributed by atoms with Gasteiger partial charge in [-0.05, 0) is 61.7 Å². The van der Waals surface area contributed by atoms with Crippen LogP contribution in [-0.4, -0.2) is 51.4 Å². The van der Waals surface area contributed by atoms with E-state index >= 15 is 0 Å². The third-order valence-electron chi connectivity index (χ3n) is 6.24. The van der Waals surface area contributed by atoms with Crippen molar-refractivity contribution in [3.05, 3.63) is 90.0 Å². The number of carbonyl (C=O) groups is 2. The maximum Gasteiger partial charge on any atom is 0.264 e. The molecule has 3 aromatic rings. The summed E-state index contributed by atoms with van der Waals surface area (Å²) in [5.74, 6) is -0.103. The van der Waals surface area contributed by atoms with E-state index < -0.39 is 28.5 Å². The molecule has 202 valence electrons. The first-order valence-corrected chi connectivity index (χ1v) is 14.0. The summed E-state index contributed by atoms with van der Waals surface area (Å²) in [5, 5.41) is 2.80. The van der Waals surface area contributed by atoms with Gasteiger partial charge in [0.05, 0.1) is 17.7 Å². The first kappa shape index (κ1) is 28.7. The molecule has 0 fully saturated rings. The van der Waals surface area contributed by atoms with Crippen molar-refractivity contribution in [3.8, 4) is 5.75 Å². The van der Waals surface area contributed by atoms with Crippen LogP contribution in [0.3, 0.4) is 0 Å². The van der Waals surface area contributed by atoms with Crippen LogP contribution in [0.5, 0.6) is 5.75 Å². The van der Waals surface area contributed by atoms with E-state index in [0.717, 1.165) is 9.87 Å². The molecule has 0 spiro atoms. The van der Waals surface area contributed by atoms with Crippen LogP contribution in [0, 0.1) is 6.92 Å². The van der Waals surface area contributed by atoms with Crippen molar-refractivity contribution in [3.63, 3.8) is 0 Å². The zero-order chi connectivity index (χ0) is 27.7. The number of benzene rings is 3. The van der Waals surface area contributed by atoms with Crippen molar-refractivity contribution in [2.24, 2.45) is 0 Å². The highest BCUT2D eigenvalue weighted by atomic mass is 32.2. The zero-order valence-corrected chi connectivity index (χ0v) is 23.1. The Bertz CT molecular complexity index is 1330. The lowest BCUT2D eigenvalue weighted by Gasteiger charge is -2.33. The summed E-state index contributed by atoms with van der Waals surface area (Å²) >= 11 is 0. The third-order valence-corrected chi connectivity index (χ3v) is 8.02. The van der Waals surface area contributed by atoms with Gasteiger partial charge in [-0.3, -0.25) is 13.9 Å². The number of anilines is 1. The van der Waals surface area contributed by atoms with E-state index in [4.69, 9.17) is 4.74 Å². The van der Waals surface area contributed by atoms with E-state index in [1.54, 1.807) is 62.6 Å². The lowest BCUT2D eigenvalue weighted by molar-refractivity contribution is -0.140. The van der Waals surface area contributed by atoms with Crippen LogP contribution < -0.4 is 14.4 Å². The largest absolute Gasteiger partial charge is 0.497 e. The summed E-state index contributed by atoms with van der Waals surface area (Å²) in [6, 6.07) is 21.5. The fourth-order valence-electron chi connectivity index (χ4n) is 4.22. The molecular weight excluding hydrogens is 502 g/mol. The van der Waals surface area contributed by atoms with E-state index in [-0.39, 0.29) is 17.3 Å². The van der Waals surface area contributed by atoms with Crippen molar-refractivity contribution in [2.75, 3.05) is 24.5 Å². The number of nitrogens with zero attached hydrogens (tertiary/aromatic N) is 2. The summed E-state index contributed by atoms with van der Waals surface area (Å²) in [7, 11) is -2.51. The number of hydrogen-bond acceptors (Lipinski definition) is 5. The second kappa shape index (κ2) is 13.1. The number of hydrogen-bond donors (Lipinski definition) is 1. The van der Waals surface area contributed by atoms with Gasteiger partial charge in [0.2, 0.25) is 11.8 Å². The second-order valence-electron chi connectivity index (χ2n) is 8.80. The van der Waals surface area contributed by atoms with Crippen LogP contribution in [0.4, 0.5) is 5.69 Å². The first-order chi connectivity index (χ1) is 18.2. The normalized spacial score (nSPS) is 11.9. The van der Waals surface area contributed by atoms with Crippen LogP contribution in [0.15, 0.2) is 83.8 Å². The lowest BCUT2D eigenvalue weighted by Crippen LogP contribution is -2.52. The van der Waals surface area contributed by atoms with E-state index in [1.807, 2.05) is 32.0 Å². The third kappa shape index (κ3) is 6.72. The summed E-state index contributed by atoms with van der Waals surface area (Å²) < 4.78 is 34.0. The van der Waals surface area contributed by atoms with Crippen LogP contribution in [0.2, 0.25) is 0 Å². The maximum atomic E-state index is 14.0. The topological polar surface area (TPSA) is 96.0 Å². The average molecular weight is 538 g/mol. The smallest absolute Gasteiger partial charge is 0.264 e. The highest BCUT2D eigenvalue weighted by Crippen LogP contribution is 2.27. The molecule has 0 saturated heterocycles. The molecule has 0 heterocycles. The fourth-order valence-corrected chi connectivity index (χ4v) is 5.72. The molecule has 0 unspecified atom stereocenters. The van der Waals surface area contributed by atoms with Gasteiger partial charge in [-0.15, -0.1) is 0 Å². The minimum absolute atomic E-state index is 0.0773. The predicted octanol–water partition coefficient (Wildman–Crippen LogP) is 4.14. The second-order valence-corrected chi connectivity index (χ2v) is 10.7. The van der Waals surface area contributed by atoms with Crippen molar-refractivity contribution >= 4 is 27.5 Å². The molecule has 0 aliphatic heterocycles. The van der Waals surface area contributed by atoms with Gasteiger partial charge in [-0.1, -0.05) is 55.5 Å². The minimum atomic E-state index is -4.08. The minimum Gasteiger partial charge on any atom is -0.497 e. The Hall–Kier alpha value is -3.85. The molecule has 2 amide bonds. The number of rotatable bonds is 12. The monoisotopic (exact) mass is 537 g/mol. The molecule has 0 aliphatic rings.